The van der Waals surface area contributed by atoms with Gasteiger partial charge in [-0.2, -0.15) is 0 Å². The van der Waals surface area contributed by atoms with E-state index < -0.39 is 0 Å². The first kappa shape index (κ1) is 22.2. The molecule has 3 heterocycles. The van der Waals surface area contributed by atoms with Crippen LogP contribution in [0.25, 0.3) is 5.69 Å². The van der Waals surface area contributed by atoms with Crippen LogP contribution >= 0.6 is 12.2 Å². The molecule has 0 spiro atoms. The van der Waals surface area contributed by atoms with Gasteiger partial charge < -0.3 is 19.5 Å². The van der Waals surface area contributed by atoms with Crippen LogP contribution in [0.4, 0.5) is 5.69 Å². The Morgan fingerprint density at radius 2 is 1.71 bits per heavy atom. The van der Waals surface area contributed by atoms with Crippen LogP contribution in [0.2, 0.25) is 0 Å². The number of aromatic nitrogens is 2. The molecule has 1 saturated heterocycles. The minimum atomic E-state index is -0.0703. The summed E-state index contributed by atoms with van der Waals surface area (Å²) in [5.41, 5.74) is 7.92. The zero-order chi connectivity index (χ0) is 23.8. The van der Waals surface area contributed by atoms with Crippen LogP contribution in [0.5, 0.6) is 5.75 Å². The minimum absolute atomic E-state index is 0.0394. The Hall–Kier alpha value is -3.64. The van der Waals surface area contributed by atoms with E-state index in [9.17, 15) is 0 Å². The maximum atomic E-state index is 5.89. The lowest BCUT2D eigenvalue weighted by Crippen LogP contribution is -2.29. The molecule has 2 atom stereocenters. The molecule has 6 heteroatoms. The number of hydrogen-bond donors (Lipinski definition) is 1. The van der Waals surface area contributed by atoms with Crippen molar-refractivity contribution in [1.29, 1.82) is 0 Å². The predicted molar refractivity (Wildman–Crippen MR) is 141 cm³/mol. The number of nitrogens with zero attached hydrogens (tertiary/aromatic N) is 3. The molecular formula is C28H28N4OS. The van der Waals surface area contributed by atoms with E-state index in [1.165, 1.54) is 22.5 Å². The molecule has 5 nitrogen and oxygen atoms in total. The van der Waals surface area contributed by atoms with Gasteiger partial charge in [-0.1, -0.05) is 18.2 Å². The lowest BCUT2D eigenvalue weighted by Gasteiger charge is -2.28. The summed E-state index contributed by atoms with van der Waals surface area (Å²) in [5.74, 6) is 0.845. The third-order valence-corrected chi connectivity index (χ3v) is 6.81. The van der Waals surface area contributed by atoms with E-state index in [0.29, 0.717) is 5.11 Å². The number of hydrogen-bond acceptors (Lipinski definition) is 3. The maximum Gasteiger partial charge on any atom is 0.174 e. The first-order valence-electron chi connectivity index (χ1n) is 11.4. The van der Waals surface area contributed by atoms with Crippen molar-refractivity contribution in [3.05, 3.63) is 107 Å². The second-order valence-electron chi connectivity index (χ2n) is 8.70. The van der Waals surface area contributed by atoms with Crippen molar-refractivity contribution < 1.29 is 4.74 Å². The molecule has 0 bridgehead atoms. The molecule has 34 heavy (non-hydrogen) atoms. The van der Waals surface area contributed by atoms with Crippen molar-refractivity contribution in [3.8, 4) is 11.4 Å². The minimum Gasteiger partial charge on any atom is -0.497 e. The molecule has 0 saturated carbocycles. The van der Waals surface area contributed by atoms with Gasteiger partial charge >= 0.3 is 0 Å². The summed E-state index contributed by atoms with van der Waals surface area (Å²) in [4.78, 5) is 6.92. The number of aryl methyl sites for hydroxylation is 2. The van der Waals surface area contributed by atoms with E-state index in [1.807, 2.05) is 30.5 Å². The van der Waals surface area contributed by atoms with E-state index >= 15 is 0 Å². The number of methoxy groups -OCH3 is 1. The fraction of sp³-hybridized carbons (Fsp3) is 0.214. The molecule has 0 aliphatic carbocycles. The first-order valence-corrected chi connectivity index (χ1v) is 11.8. The molecule has 0 radical (unpaired) electrons. The quantitative estimate of drug-likeness (QED) is 0.365. The van der Waals surface area contributed by atoms with Crippen molar-refractivity contribution in [3.63, 3.8) is 0 Å². The highest BCUT2D eigenvalue weighted by atomic mass is 32.1. The van der Waals surface area contributed by atoms with E-state index in [-0.39, 0.29) is 12.1 Å². The predicted octanol–water partition coefficient (Wildman–Crippen LogP) is 5.98. The molecule has 1 aliphatic rings. The Labute approximate surface area is 206 Å². The van der Waals surface area contributed by atoms with Gasteiger partial charge in [-0.15, -0.1) is 0 Å². The third-order valence-electron chi connectivity index (χ3n) is 6.50. The number of benzene rings is 2. The zero-order valence-corrected chi connectivity index (χ0v) is 20.6. The van der Waals surface area contributed by atoms with Gasteiger partial charge in [0, 0.05) is 29.0 Å². The van der Waals surface area contributed by atoms with Gasteiger partial charge in [0.05, 0.1) is 24.9 Å². The van der Waals surface area contributed by atoms with E-state index in [1.54, 1.807) is 7.11 Å². The molecule has 2 aromatic heterocycles. The number of anilines is 1. The summed E-state index contributed by atoms with van der Waals surface area (Å²) in [6.45, 7) is 6.43. The Balaban J connectivity index is 1.66. The van der Waals surface area contributed by atoms with Crippen LogP contribution in [0.1, 0.15) is 40.3 Å². The lowest BCUT2D eigenvalue weighted by molar-refractivity contribution is 0.414. The SMILES string of the molecule is COc1ccc(-n2c(C)cc([C@@H]3[C@H](c4ccccn4)NC(=S)N3c3cccc(C)c3)c2C)cc1. The van der Waals surface area contributed by atoms with Crippen LogP contribution in [-0.4, -0.2) is 21.8 Å². The van der Waals surface area contributed by atoms with Gasteiger partial charge in [0.2, 0.25) is 0 Å². The highest BCUT2D eigenvalue weighted by Crippen LogP contribution is 2.43. The van der Waals surface area contributed by atoms with Crippen molar-refractivity contribution in [1.82, 2.24) is 14.9 Å². The number of ether oxygens (including phenoxy) is 1. The maximum absolute atomic E-state index is 5.89. The van der Waals surface area contributed by atoms with Crippen LogP contribution in [0, 0.1) is 20.8 Å². The van der Waals surface area contributed by atoms with Gasteiger partial charge in [0.15, 0.2) is 5.11 Å². The molecule has 2 aromatic carbocycles. The molecule has 5 rings (SSSR count). The molecule has 1 fully saturated rings. The number of nitrogens with one attached hydrogen (secondary N) is 1. The number of thiocarbonyl (C=S) groups is 1. The topological polar surface area (TPSA) is 42.3 Å². The monoisotopic (exact) mass is 468 g/mol. The van der Waals surface area contributed by atoms with Gasteiger partial charge in [0.1, 0.15) is 5.75 Å². The summed E-state index contributed by atoms with van der Waals surface area (Å²) in [6, 6.07) is 24.9. The second kappa shape index (κ2) is 8.95. The zero-order valence-electron chi connectivity index (χ0n) is 19.8. The van der Waals surface area contributed by atoms with E-state index in [0.717, 1.165) is 22.8 Å². The Kier molecular flexibility index (Phi) is 5.84. The van der Waals surface area contributed by atoms with Crippen molar-refractivity contribution in [2.45, 2.75) is 32.9 Å². The van der Waals surface area contributed by atoms with Gasteiger partial charge in [-0.3, -0.25) is 4.98 Å². The lowest BCUT2D eigenvalue weighted by atomic mass is 9.96. The molecule has 0 unspecified atom stereocenters. The van der Waals surface area contributed by atoms with Crippen molar-refractivity contribution >= 4 is 23.0 Å². The van der Waals surface area contributed by atoms with Gasteiger partial charge in [0.25, 0.3) is 0 Å². The van der Waals surface area contributed by atoms with E-state index in [2.05, 4.69) is 89.1 Å². The van der Waals surface area contributed by atoms with Crippen LogP contribution in [0.3, 0.4) is 0 Å². The van der Waals surface area contributed by atoms with Crippen molar-refractivity contribution in [2.75, 3.05) is 12.0 Å². The summed E-state index contributed by atoms with van der Waals surface area (Å²) < 4.78 is 7.65. The van der Waals surface area contributed by atoms with E-state index in [4.69, 9.17) is 17.0 Å². The summed E-state index contributed by atoms with van der Waals surface area (Å²) >= 11 is 5.89. The fourth-order valence-electron chi connectivity index (χ4n) is 4.94. The molecule has 1 N–H and O–H groups in total. The standard InChI is InChI=1S/C28H28N4OS/c1-18-8-7-9-22(16-18)32-27(26(30-28(32)34)25-10-5-6-15-29-25)24-17-19(2)31(20(24)3)21-11-13-23(33-4)14-12-21/h5-17,26-27H,1-4H3,(H,30,34)/t26-,27+/m0/s1. The largest absolute Gasteiger partial charge is 0.497 e. The summed E-state index contributed by atoms with van der Waals surface area (Å²) in [6.07, 6.45) is 1.84. The van der Waals surface area contributed by atoms with Gasteiger partial charge in [-0.05, 0) is 98.7 Å². The smallest absolute Gasteiger partial charge is 0.174 e. The number of rotatable bonds is 5. The molecular weight excluding hydrogens is 440 g/mol. The van der Waals surface area contributed by atoms with Crippen LogP contribution in [0.15, 0.2) is 79.0 Å². The molecule has 172 valence electrons. The van der Waals surface area contributed by atoms with Gasteiger partial charge in [-0.25, -0.2) is 0 Å². The Morgan fingerprint density at radius 1 is 0.912 bits per heavy atom. The van der Waals surface area contributed by atoms with Crippen LogP contribution in [-0.2, 0) is 0 Å². The van der Waals surface area contributed by atoms with Crippen LogP contribution < -0.4 is 15.0 Å². The Morgan fingerprint density at radius 3 is 2.38 bits per heavy atom. The van der Waals surface area contributed by atoms with Crippen molar-refractivity contribution in [2.24, 2.45) is 0 Å². The normalized spacial score (nSPS) is 17.6. The molecule has 4 aromatic rings. The average molecular weight is 469 g/mol. The average Bonchev–Trinajstić information content (AvgIpc) is 3.35. The molecule has 1 aliphatic heterocycles. The molecule has 0 amide bonds. The third kappa shape index (κ3) is 3.84. The summed E-state index contributed by atoms with van der Waals surface area (Å²) in [5, 5.41) is 4.28. The highest BCUT2D eigenvalue weighted by Gasteiger charge is 2.42. The summed E-state index contributed by atoms with van der Waals surface area (Å²) in [7, 11) is 1.69. The second-order valence-corrected chi connectivity index (χ2v) is 9.08. The Bertz CT molecular complexity index is 1330. The highest BCUT2D eigenvalue weighted by molar-refractivity contribution is 7.80. The number of pyridine rings is 1. The fourth-order valence-corrected chi connectivity index (χ4v) is 5.29. The first-order chi connectivity index (χ1) is 16.5.